The summed E-state index contributed by atoms with van der Waals surface area (Å²) in [4.78, 5) is 4.22. The number of fused-ring (bicyclic) bond motifs is 3. The largest absolute Gasteiger partial charge is 0.309 e. The van der Waals surface area contributed by atoms with E-state index < -0.39 is 0 Å². The lowest BCUT2D eigenvalue weighted by atomic mass is 9.97. The van der Waals surface area contributed by atoms with Crippen LogP contribution in [-0.4, -0.2) is 9.55 Å². The standard InChI is InChI=1S/C31H18N4/c32-18-21-11-12-31-28(15-21)27-9-1-2-10-30(27)35(31)26-8-4-6-23(17-26)22-5-3-7-24(16-22)29-20-34-14-13-25(29)19-33/h1-17,20H. The van der Waals surface area contributed by atoms with Crippen molar-refractivity contribution in [3.8, 4) is 40.1 Å². The Balaban J connectivity index is 1.52. The topological polar surface area (TPSA) is 65.4 Å². The first-order valence-electron chi connectivity index (χ1n) is 11.3. The van der Waals surface area contributed by atoms with Crippen molar-refractivity contribution in [3.63, 3.8) is 0 Å². The van der Waals surface area contributed by atoms with Crippen LogP contribution in [0.4, 0.5) is 0 Å². The van der Waals surface area contributed by atoms with E-state index in [4.69, 9.17) is 0 Å². The van der Waals surface area contributed by atoms with Crippen LogP contribution in [0.1, 0.15) is 11.1 Å². The van der Waals surface area contributed by atoms with Crippen LogP contribution in [0, 0.1) is 22.7 Å². The molecular formula is C31H18N4. The molecule has 162 valence electrons. The van der Waals surface area contributed by atoms with Gasteiger partial charge in [0.2, 0.25) is 0 Å². The van der Waals surface area contributed by atoms with Gasteiger partial charge in [-0.2, -0.15) is 10.5 Å². The van der Waals surface area contributed by atoms with E-state index in [2.05, 4.69) is 70.2 Å². The van der Waals surface area contributed by atoms with Gasteiger partial charge in [-0.15, -0.1) is 0 Å². The number of hydrogen-bond acceptors (Lipinski definition) is 3. The molecule has 0 saturated heterocycles. The summed E-state index contributed by atoms with van der Waals surface area (Å²) in [5, 5.41) is 21.1. The second kappa shape index (κ2) is 8.30. The highest BCUT2D eigenvalue weighted by Crippen LogP contribution is 2.34. The van der Waals surface area contributed by atoms with E-state index in [0.717, 1.165) is 49.7 Å². The number of benzene rings is 4. The van der Waals surface area contributed by atoms with Crippen molar-refractivity contribution in [2.75, 3.05) is 0 Å². The lowest BCUT2D eigenvalue weighted by Gasteiger charge is -2.11. The van der Waals surface area contributed by atoms with Gasteiger partial charge < -0.3 is 4.57 Å². The molecule has 0 spiro atoms. The number of aromatic nitrogens is 2. The Morgan fingerprint density at radius 1 is 0.629 bits per heavy atom. The van der Waals surface area contributed by atoms with Crippen LogP contribution < -0.4 is 0 Å². The smallest absolute Gasteiger partial charge is 0.0999 e. The summed E-state index contributed by atoms with van der Waals surface area (Å²) in [5.74, 6) is 0. The van der Waals surface area contributed by atoms with Crippen molar-refractivity contribution in [2.45, 2.75) is 0 Å². The van der Waals surface area contributed by atoms with Crippen LogP contribution in [0.25, 0.3) is 49.7 Å². The highest BCUT2D eigenvalue weighted by Gasteiger charge is 2.13. The molecule has 0 bridgehead atoms. The quantitative estimate of drug-likeness (QED) is 0.287. The summed E-state index contributed by atoms with van der Waals surface area (Å²) in [5.41, 5.74) is 8.37. The Labute approximate surface area is 202 Å². The van der Waals surface area contributed by atoms with Gasteiger partial charge in [-0.05, 0) is 65.2 Å². The lowest BCUT2D eigenvalue weighted by Crippen LogP contribution is -1.94. The SMILES string of the molecule is N#Cc1ccc2c(c1)c1ccccc1n2-c1cccc(-c2cccc(-c3cnccc3C#N)c2)c1. The molecule has 0 aliphatic heterocycles. The molecule has 4 heteroatoms. The van der Waals surface area contributed by atoms with E-state index in [0.29, 0.717) is 11.1 Å². The molecule has 0 unspecified atom stereocenters. The minimum atomic E-state index is 0.605. The van der Waals surface area contributed by atoms with Crippen molar-refractivity contribution in [1.29, 1.82) is 10.5 Å². The molecule has 2 aromatic heterocycles. The van der Waals surface area contributed by atoms with Crippen molar-refractivity contribution in [1.82, 2.24) is 9.55 Å². The Morgan fingerprint density at radius 2 is 1.40 bits per heavy atom. The van der Waals surface area contributed by atoms with Crippen LogP contribution >= 0.6 is 0 Å². The first-order valence-corrected chi connectivity index (χ1v) is 11.3. The molecular weight excluding hydrogens is 428 g/mol. The maximum absolute atomic E-state index is 9.52. The summed E-state index contributed by atoms with van der Waals surface area (Å²) in [7, 11) is 0. The maximum atomic E-state index is 9.52. The Morgan fingerprint density at radius 3 is 2.26 bits per heavy atom. The van der Waals surface area contributed by atoms with Crippen LogP contribution in [0.2, 0.25) is 0 Å². The fourth-order valence-corrected chi connectivity index (χ4v) is 4.73. The first-order chi connectivity index (χ1) is 17.3. The zero-order valence-corrected chi connectivity index (χ0v) is 18.7. The molecule has 0 saturated carbocycles. The predicted molar refractivity (Wildman–Crippen MR) is 139 cm³/mol. The van der Waals surface area contributed by atoms with Crippen LogP contribution in [-0.2, 0) is 0 Å². The van der Waals surface area contributed by atoms with Crippen molar-refractivity contribution in [2.24, 2.45) is 0 Å². The normalized spacial score (nSPS) is 10.8. The zero-order chi connectivity index (χ0) is 23.8. The maximum Gasteiger partial charge on any atom is 0.0999 e. The van der Waals surface area contributed by atoms with Crippen LogP contribution in [0.5, 0.6) is 0 Å². The van der Waals surface area contributed by atoms with Gasteiger partial charge in [0.1, 0.15) is 0 Å². The molecule has 0 N–H and O–H groups in total. The zero-order valence-electron chi connectivity index (χ0n) is 18.7. The third kappa shape index (κ3) is 3.42. The minimum Gasteiger partial charge on any atom is -0.309 e. The van der Waals surface area contributed by atoms with Gasteiger partial charge in [0.05, 0.1) is 34.3 Å². The fraction of sp³-hybridized carbons (Fsp3) is 0. The lowest BCUT2D eigenvalue weighted by molar-refractivity contribution is 1.18. The third-order valence-corrected chi connectivity index (χ3v) is 6.35. The number of pyridine rings is 1. The fourth-order valence-electron chi connectivity index (χ4n) is 4.73. The van der Waals surface area contributed by atoms with Crippen LogP contribution in [0.15, 0.2) is 109 Å². The second-order valence-electron chi connectivity index (χ2n) is 8.36. The summed E-state index contributed by atoms with van der Waals surface area (Å²) < 4.78 is 2.24. The number of nitrogens with zero attached hydrogens (tertiary/aromatic N) is 4. The highest BCUT2D eigenvalue weighted by atomic mass is 15.0. The van der Waals surface area contributed by atoms with Gasteiger partial charge in [-0.1, -0.05) is 48.5 Å². The molecule has 4 nitrogen and oxygen atoms in total. The Hall–Kier alpha value is -5.19. The molecule has 6 rings (SSSR count). The van der Waals surface area contributed by atoms with E-state index in [1.807, 2.05) is 42.5 Å². The molecule has 0 aliphatic rings. The summed E-state index contributed by atoms with van der Waals surface area (Å²) >= 11 is 0. The van der Waals surface area contributed by atoms with E-state index in [-0.39, 0.29) is 0 Å². The number of rotatable bonds is 3. The first kappa shape index (κ1) is 20.4. The number of para-hydroxylation sites is 1. The summed E-state index contributed by atoms with van der Waals surface area (Å²) in [6, 6.07) is 37.0. The van der Waals surface area contributed by atoms with Gasteiger partial charge in [-0.25, -0.2) is 0 Å². The van der Waals surface area contributed by atoms with Gasteiger partial charge in [0.25, 0.3) is 0 Å². The average Bonchev–Trinajstić information content (AvgIpc) is 3.27. The Bertz CT molecular complexity index is 1830. The number of nitriles is 2. The Kier molecular flexibility index (Phi) is 4.84. The van der Waals surface area contributed by atoms with Gasteiger partial charge in [0.15, 0.2) is 0 Å². The molecule has 6 aromatic rings. The minimum absolute atomic E-state index is 0.605. The molecule has 0 fully saturated rings. The summed E-state index contributed by atoms with van der Waals surface area (Å²) in [6.07, 6.45) is 3.38. The monoisotopic (exact) mass is 446 g/mol. The third-order valence-electron chi connectivity index (χ3n) is 6.35. The second-order valence-corrected chi connectivity index (χ2v) is 8.36. The van der Waals surface area contributed by atoms with Gasteiger partial charge in [0, 0.05) is 34.4 Å². The molecule has 0 atom stereocenters. The summed E-state index contributed by atoms with van der Waals surface area (Å²) in [6.45, 7) is 0. The van der Waals surface area contributed by atoms with E-state index in [1.165, 1.54) is 0 Å². The van der Waals surface area contributed by atoms with Crippen molar-refractivity contribution < 1.29 is 0 Å². The van der Waals surface area contributed by atoms with E-state index >= 15 is 0 Å². The molecule has 2 heterocycles. The van der Waals surface area contributed by atoms with Gasteiger partial charge >= 0.3 is 0 Å². The van der Waals surface area contributed by atoms with E-state index in [9.17, 15) is 10.5 Å². The average molecular weight is 447 g/mol. The molecule has 0 aliphatic carbocycles. The van der Waals surface area contributed by atoms with E-state index in [1.54, 1.807) is 18.5 Å². The van der Waals surface area contributed by atoms with Crippen molar-refractivity contribution >= 4 is 21.8 Å². The van der Waals surface area contributed by atoms with Crippen LogP contribution in [0.3, 0.4) is 0 Å². The molecule has 4 aromatic carbocycles. The number of hydrogen-bond donors (Lipinski definition) is 0. The predicted octanol–water partition coefficient (Wildman–Crippen LogP) is 7.26. The molecule has 0 amide bonds. The van der Waals surface area contributed by atoms with Crippen molar-refractivity contribution in [3.05, 3.63) is 121 Å². The van der Waals surface area contributed by atoms with Gasteiger partial charge in [-0.3, -0.25) is 4.98 Å². The molecule has 0 radical (unpaired) electrons. The molecule has 35 heavy (non-hydrogen) atoms. The highest BCUT2D eigenvalue weighted by molar-refractivity contribution is 6.09.